The van der Waals surface area contributed by atoms with E-state index >= 15 is 0 Å². The molecule has 4 nitrogen and oxygen atoms in total. The number of hydrogen-bond donors (Lipinski definition) is 0. The first-order valence-corrected chi connectivity index (χ1v) is 7.23. The average molecular weight is 270 g/mol. The monoisotopic (exact) mass is 270 g/mol. The number of aromatic nitrogens is 1. The number of piperidine rings is 1. The van der Waals surface area contributed by atoms with Crippen molar-refractivity contribution in [2.45, 2.75) is 31.5 Å². The summed E-state index contributed by atoms with van der Waals surface area (Å²) in [5.41, 5.74) is 1.24. The van der Waals surface area contributed by atoms with Crippen molar-refractivity contribution in [2.24, 2.45) is 5.92 Å². The van der Waals surface area contributed by atoms with Gasteiger partial charge in [-0.1, -0.05) is 6.07 Å². The van der Waals surface area contributed by atoms with Crippen LogP contribution >= 0.6 is 0 Å². The van der Waals surface area contributed by atoms with Gasteiger partial charge >= 0.3 is 0 Å². The summed E-state index contributed by atoms with van der Waals surface area (Å²) in [4.78, 5) is 6.80. The topological polar surface area (TPSA) is 38.5 Å². The SMILES string of the molecule is c1ccc(OC2C3CCC2N(Cc2ccoc2)C3)nc1. The number of hydrogen-bond acceptors (Lipinski definition) is 4. The number of furan rings is 1. The quantitative estimate of drug-likeness (QED) is 0.856. The third kappa shape index (κ3) is 2.10. The second kappa shape index (κ2) is 4.94. The van der Waals surface area contributed by atoms with E-state index < -0.39 is 0 Å². The first-order chi connectivity index (χ1) is 9.90. The minimum atomic E-state index is 0.289. The van der Waals surface area contributed by atoms with Crippen LogP contribution in [0.25, 0.3) is 0 Å². The van der Waals surface area contributed by atoms with E-state index in [4.69, 9.17) is 9.15 Å². The molecule has 2 aromatic heterocycles. The molecule has 4 heteroatoms. The zero-order valence-electron chi connectivity index (χ0n) is 11.3. The number of fused-ring (bicyclic) bond motifs is 2. The van der Waals surface area contributed by atoms with Crippen molar-refractivity contribution in [1.29, 1.82) is 0 Å². The Morgan fingerprint density at radius 3 is 3.10 bits per heavy atom. The number of nitrogens with zero attached hydrogens (tertiary/aromatic N) is 2. The van der Waals surface area contributed by atoms with Gasteiger partial charge in [-0.15, -0.1) is 0 Å². The summed E-state index contributed by atoms with van der Waals surface area (Å²) in [6, 6.07) is 8.39. The molecule has 1 aliphatic carbocycles. The van der Waals surface area contributed by atoms with Crippen LogP contribution in [-0.2, 0) is 6.54 Å². The van der Waals surface area contributed by atoms with Gasteiger partial charge < -0.3 is 9.15 Å². The number of rotatable bonds is 4. The lowest BCUT2D eigenvalue weighted by molar-refractivity contribution is 0.136. The second-order valence-corrected chi connectivity index (χ2v) is 5.72. The van der Waals surface area contributed by atoms with Crippen LogP contribution in [0.4, 0.5) is 0 Å². The third-order valence-electron chi connectivity index (χ3n) is 4.48. The average Bonchev–Trinajstić information content (AvgIpc) is 3.18. The Kier molecular flexibility index (Phi) is 2.96. The van der Waals surface area contributed by atoms with Gasteiger partial charge in [-0.3, -0.25) is 4.90 Å². The maximum absolute atomic E-state index is 6.14. The fraction of sp³-hybridized carbons (Fsp3) is 0.438. The van der Waals surface area contributed by atoms with E-state index in [1.54, 1.807) is 12.5 Å². The normalized spacial score (nSPS) is 28.9. The smallest absolute Gasteiger partial charge is 0.213 e. The Balaban J connectivity index is 1.47. The molecule has 3 unspecified atom stereocenters. The van der Waals surface area contributed by atoms with E-state index in [1.807, 2.05) is 30.5 Å². The van der Waals surface area contributed by atoms with Gasteiger partial charge in [0.15, 0.2) is 0 Å². The van der Waals surface area contributed by atoms with Gasteiger partial charge in [0.05, 0.1) is 12.5 Å². The molecule has 2 bridgehead atoms. The molecule has 1 aliphatic heterocycles. The largest absolute Gasteiger partial charge is 0.472 e. The summed E-state index contributed by atoms with van der Waals surface area (Å²) in [5.74, 6) is 1.38. The number of pyridine rings is 1. The fourth-order valence-corrected chi connectivity index (χ4v) is 3.58. The van der Waals surface area contributed by atoms with Gasteiger partial charge in [-0.05, 0) is 25.0 Å². The van der Waals surface area contributed by atoms with Crippen LogP contribution in [0.3, 0.4) is 0 Å². The summed E-state index contributed by atoms with van der Waals surface area (Å²) in [6.45, 7) is 2.08. The molecule has 0 amide bonds. The molecule has 2 aliphatic rings. The van der Waals surface area contributed by atoms with E-state index in [0.717, 1.165) is 19.0 Å². The second-order valence-electron chi connectivity index (χ2n) is 5.72. The van der Waals surface area contributed by atoms with Crippen molar-refractivity contribution in [2.75, 3.05) is 6.54 Å². The molecule has 2 fully saturated rings. The highest BCUT2D eigenvalue weighted by Crippen LogP contribution is 2.40. The first kappa shape index (κ1) is 12.0. The molecule has 3 heterocycles. The van der Waals surface area contributed by atoms with Crippen LogP contribution in [0.5, 0.6) is 5.88 Å². The van der Waals surface area contributed by atoms with Crippen molar-refractivity contribution >= 4 is 0 Å². The lowest BCUT2D eigenvalue weighted by Crippen LogP contribution is -2.35. The van der Waals surface area contributed by atoms with Crippen molar-refractivity contribution in [1.82, 2.24) is 9.88 Å². The number of ether oxygens (including phenoxy) is 1. The molecule has 2 aromatic rings. The predicted octanol–water partition coefficient (Wildman–Crippen LogP) is 2.72. The van der Waals surface area contributed by atoms with E-state index in [0.29, 0.717) is 12.0 Å². The minimum Gasteiger partial charge on any atom is -0.472 e. The lowest BCUT2D eigenvalue weighted by Gasteiger charge is -2.26. The van der Waals surface area contributed by atoms with Crippen molar-refractivity contribution < 1.29 is 9.15 Å². The Morgan fingerprint density at radius 2 is 2.30 bits per heavy atom. The zero-order chi connectivity index (χ0) is 13.4. The van der Waals surface area contributed by atoms with Crippen LogP contribution < -0.4 is 4.74 Å². The van der Waals surface area contributed by atoms with Crippen LogP contribution in [0.15, 0.2) is 47.4 Å². The standard InChI is InChI=1S/C16H18N2O2/c1-2-7-17-15(3-1)20-16-13-4-5-14(16)18(10-13)9-12-6-8-19-11-12/h1-3,6-8,11,13-14,16H,4-5,9-10H2. The third-order valence-corrected chi connectivity index (χ3v) is 4.48. The van der Waals surface area contributed by atoms with Gasteiger partial charge in [0, 0.05) is 42.9 Å². The molecule has 0 N–H and O–H groups in total. The van der Waals surface area contributed by atoms with Crippen molar-refractivity contribution in [3.63, 3.8) is 0 Å². The van der Waals surface area contributed by atoms with Crippen LogP contribution in [0.1, 0.15) is 18.4 Å². The minimum absolute atomic E-state index is 0.289. The molecule has 3 atom stereocenters. The summed E-state index contributed by atoms with van der Waals surface area (Å²) < 4.78 is 11.3. The van der Waals surface area contributed by atoms with Gasteiger partial charge in [-0.25, -0.2) is 4.98 Å². The fourth-order valence-electron chi connectivity index (χ4n) is 3.58. The zero-order valence-corrected chi connectivity index (χ0v) is 11.3. The molecule has 104 valence electrons. The molecule has 0 spiro atoms. The van der Waals surface area contributed by atoms with Gasteiger partial charge in [-0.2, -0.15) is 0 Å². The molecule has 4 rings (SSSR count). The Labute approximate surface area is 118 Å². The summed E-state index contributed by atoms with van der Waals surface area (Å²) in [6.07, 6.45) is 8.14. The highest BCUT2D eigenvalue weighted by atomic mass is 16.5. The summed E-state index contributed by atoms with van der Waals surface area (Å²) in [7, 11) is 0. The molecular weight excluding hydrogens is 252 g/mol. The van der Waals surface area contributed by atoms with Crippen LogP contribution in [0.2, 0.25) is 0 Å². The van der Waals surface area contributed by atoms with E-state index in [1.165, 1.54) is 18.4 Å². The van der Waals surface area contributed by atoms with Gasteiger partial charge in [0.25, 0.3) is 0 Å². The maximum atomic E-state index is 6.14. The predicted molar refractivity (Wildman–Crippen MR) is 74.3 cm³/mol. The molecule has 0 radical (unpaired) electrons. The Morgan fingerprint density at radius 1 is 1.30 bits per heavy atom. The molecule has 1 saturated carbocycles. The van der Waals surface area contributed by atoms with E-state index in [2.05, 4.69) is 9.88 Å². The molecule has 1 saturated heterocycles. The van der Waals surface area contributed by atoms with E-state index in [9.17, 15) is 0 Å². The summed E-state index contributed by atoms with van der Waals surface area (Å²) in [5, 5.41) is 0. The van der Waals surface area contributed by atoms with Crippen LogP contribution in [0, 0.1) is 5.92 Å². The molecular formula is C16H18N2O2. The van der Waals surface area contributed by atoms with Crippen molar-refractivity contribution in [3.05, 3.63) is 48.6 Å². The maximum Gasteiger partial charge on any atom is 0.213 e. The highest BCUT2D eigenvalue weighted by Gasteiger charge is 2.48. The van der Waals surface area contributed by atoms with E-state index in [-0.39, 0.29) is 6.10 Å². The Hall–Kier alpha value is -1.81. The lowest BCUT2D eigenvalue weighted by atomic mass is 10.1. The van der Waals surface area contributed by atoms with Crippen molar-refractivity contribution in [3.8, 4) is 5.88 Å². The van der Waals surface area contributed by atoms with Crippen LogP contribution in [-0.4, -0.2) is 28.6 Å². The first-order valence-electron chi connectivity index (χ1n) is 7.23. The molecule has 0 aromatic carbocycles. The molecule has 20 heavy (non-hydrogen) atoms. The summed E-state index contributed by atoms with van der Waals surface area (Å²) >= 11 is 0. The number of likely N-dealkylation sites (tertiary alicyclic amines) is 1. The highest BCUT2D eigenvalue weighted by molar-refractivity contribution is 5.14. The van der Waals surface area contributed by atoms with Gasteiger partial charge in [0.1, 0.15) is 6.10 Å². The Bertz CT molecular complexity index is 555. The van der Waals surface area contributed by atoms with Gasteiger partial charge in [0.2, 0.25) is 5.88 Å².